The molecule has 1 heterocycles. The average molecular weight is 268 g/mol. The Morgan fingerprint density at radius 1 is 1.32 bits per heavy atom. The van der Waals surface area contributed by atoms with Crippen molar-refractivity contribution >= 4 is 0 Å². The van der Waals surface area contributed by atoms with Crippen molar-refractivity contribution in [1.29, 1.82) is 0 Å². The van der Waals surface area contributed by atoms with Gasteiger partial charge in [-0.15, -0.1) is 0 Å². The molecule has 1 N–H and O–H groups in total. The van der Waals surface area contributed by atoms with Gasteiger partial charge in [0.25, 0.3) is 6.43 Å². The third-order valence-corrected chi connectivity index (χ3v) is 3.79. The van der Waals surface area contributed by atoms with Gasteiger partial charge in [0.15, 0.2) is 0 Å². The highest BCUT2D eigenvalue weighted by Crippen LogP contribution is 2.15. The number of halogens is 2. The van der Waals surface area contributed by atoms with Crippen LogP contribution in [0, 0.1) is 0 Å². The molecular formula is C15H22F2N2. The van der Waals surface area contributed by atoms with E-state index >= 15 is 0 Å². The number of nitrogens with zero attached hydrogens (tertiary/aromatic N) is 1. The molecule has 1 aromatic rings. The van der Waals surface area contributed by atoms with Crippen LogP contribution in [0.4, 0.5) is 8.78 Å². The molecule has 106 valence electrons. The van der Waals surface area contributed by atoms with E-state index in [0.29, 0.717) is 6.04 Å². The van der Waals surface area contributed by atoms with Gasteiger partial charge in [-0.05, 0) is 18.4 Å². The summed E-state index contributed by atoms with van der Waals surface area (Å²) in [4.78, 5) is 1.95. The van der Waals surface area contributed by atoms with Crippen LogP contribution >= 0.6 is 0 Å². The van der Waals surface area contributed by atoms with E-state index in [2.05, 4.69) is 24.4 Å². The third-order valence-electron chi connectivity index (χ3n) is 3.79. The second kappa shape index (κ2) is 6.96. The maximum Gasteiger partial charge on any atom is 0.251 e. The second-order valence-electron chi connectivity index (χ2n) is 5.20. The van der Waals surface area contributed by atoms with Crippen LogP contribution in [-0.4, -0.2) is 43.0 Å². The van der Waals surface area contributed by atoms with Crippen LogP contribution in [-0.2, 0) is 6.42 Å². The highest BCUT2D eigenvalue weighted by Gasteiger charge is 2.28. The summed E-state index contributed by atoms with van der Waals surface area (Å²) in [6.07, 6.45) is -0.441. The number of hydrogen-bond donors (Lipinski definition) is 1. The lowest BCUT2D eigenvalue weighted by Crippen LogP contribution is -2.57. The molecule has 2 atom stereocenters. The number of hydrogen-bond acceptors (Lipinski definition) is 2. The van der Waals surface area contributed by atoms with Crippen molar-refractivity contribution in [1.82, 2.24) is 10.2 Å². The van der Waals surface area contributed by atoms with Crippen molar-refractivity contribution in [3.05, 3.63) is 35.9 Å². The normalized spacial score (nSPS) is 24.8. The van der Waals surface area contributed by atoms with Gasteiger partial charge < -0.3 is 5.32 Å². The number of benzene rings is 1. The Kier molecular flexibility index (Phi) is 5.28. The lowest BCUT2D eigenvalue weighted by molar-refractivity contribution is 0.0426. The van der Waals surface area contributed by atoms with E-state index in [1.807, 2.05) is 23.1 Å². The fourth-order valence-electron chi connectivity index (χ4n) is 2.69. The number of rotatable bonds is 5. The van der Waals surface area contributed by atoms with Gasteiger partial charge in [-0.25, -0.2) is 8.78 Å². The molecule has 0 aliphatic carbocycles. The minimum absolute atomic E-state index is 0.115. The maximum atomic E-state index is 12.7. The average Bonchev–Trinajstić information content (AvgIpc) is 2.41. The molecule has 2 rings (SSSR count). The highest BCUT2D eigenvalue weighted by molar-refractivity contribution is 5.16. The van der Waals surface area contributed by atoms with Crippen LogP contribution in [0.2, 0.25) is 0 Å². The molecule has 0 spiro atoms. The molecule has 0 saturated carbocycles. The predicted octanol–water partition coefficient (Wildman–Crippen LogP) is 2.55. The lowest BCUT2D eigenvalue weighted by Gasteiger charge is -2.40. The van der Waals surface area contributed by atoms with E-state index in [1.54, 1.807) is 0 Å². The first kappa shape index (κ1) is 14.4. The summed E-state index contributed by atoms with van der Waals surface area (Å²) >= 11 is 0. The van der Waals surface area contributed by atoms with Gasteiger partial charge >= 0.3 is 0 Å². The molecule has 19 heavy (non-hydrogen) atoms. The summed E-state index contributed by atoms with van der Waals surface area (Å²) in [6, 6.07) is 10.6. The van der Waals surface area contributed by atoms with Gasteiger partial charge in [-0.1, -0.05) is 37.3 Å². The van der Waals surface area contributed by atoms with Crippen molar-refractivity contribution in [2.24, 2.45) is 0 Å². The Morgan fingerprint density at radius 3 is 2.68 bits per heavy atom. The zero-order chi connectivity index (χ0) is 13.7. The topological polar surface area (TPSA) is 15.3 Å². The molecule has 0 aromatic heterocycles. The number of alkyl halides is 2. The van der Waals surface area contributed by atoms with Gasteiger partial charge in [-0.3, -0.25) is 4.90 Å². The smallest absolute Gasteiger partial charge is 0.251 e. The Hall–Kier alpha value is -1.00. The number of piperazine rings is 1. The van der Waals surface area contributed by atoms with Gasteiger partial charge in [0.2, 0.25) is 0 Å². The van der Waals surface area contributed by atoms with Crippen molar-refractivity contribution in [2.45, 2.75) is 38.3 Å². The molecule has 1 aromatic carbocycles. The summed E-state index contributed by atoms with van der Waals surface area (Å²) in [5.41, 5.74) is 1.21. The molecule has 2 unspecified atom stereocenters. The van der Waals surface area contributed by atoms with Crippen molar-refractivity contribution in [3.8, 4) is 0 Å². The molecule has 0 bridgehead atoms. The molecule has 1 fully saturated rings. The maximum absolute atomic E-state index is 12.7. The highest BCUT2D eigenvalue weighted by atomic mass is 19.3. The van der Waals surface area contributed by atoms with Gasteiger partial charge in [0, 0.05) is 25.2 Å². The molecule has 0 radical (unpaired) electrons. The Balaban J connectivity index is 2.00. The van der Waals surface area contributed by atoms with E-state index in [0.717, 1.165) is 25.9 Å². The van der Waals surface area contributed by atoms with E-state index < -0.39 is 6.43 Å². The zero-order valence-corrected chi connectivity index (χ0v) is 11.4. The SMILES string of the molecule is CCC1CN(CC(F)F)C(Cc2ccccc2)CN1. The minimum atomic E-state index is -2.26. The summed E-state index contributed by atoms with van der Waals surface area (Å²) < 4.78 is 25.4. The quantitative estimate of drug-likeness (QED) is 0.883. The van der Waals surface area contributed by atoms with Crippen LogP contribution in [0.5, 0.6) is 0 Å². The molecule has 0 amide bonds. The summed E-state index contributed by atoms with van der Waals surface area (Å²) in [5.74, 6) is 0. The fourth-order valence-corrected chi connectivity index (χ4v) is 2.69. The van der Waals surface area contributed by atoms with Crippen LogP contribution in [0.1, 0.15) is 18.9 Å². The van der Waals surface area contributed by atoms with E-state index in [-0.39, 0.29) is 12.6 Å². The van der Waals surface area contributed by atoms with E-state index in [1.165, 1.54) is 5.56 Å². The largest absolute Gasteiger partial charge is 0.311 e. The summed E-state index contributed by atoms with van der Waals surface area (Å²) in [5, 5.41) is 3.46. The molecule has 1 aliphatic heterocycles. The van der Waals surface area contributed by atoms with Gasteiger partial charge in [0.1, 0.15) is 0 Å². The Labute approximate surface area is 113 Å². The van der Waals surface area contributed by atoms with Crippen molar-refractivity contribution < 1.29 is 8.78 Å². The second-order valence-corrected chi connectivity index (χ2v) is 5.20. The first-order valence-electron chi connectivity index (χ1n) is 6.98. The van der Waals surface area contributed by atoms with Crippen molar-refractivity contribution in [2.75, 3.05) is 19.6 Å². The Morgan fingerprint density at radius 2 is 2.05 bits per heavy atom. The Bertz CT molecular complexity index is 370. The van der Waals surface area contributed by atoms with Crippen LogP contribution < -0.4 is 5.32 Å². The molecule has 1 saturated heterocycles. The minimum Gasteiger partial charge on any atom is -0.311 e. The van der Waals surface area contributed by atoms with Gasteiger partial charge in [0.05, 0.1) is 6.54 Å². The molecule has 4 heteroatoms. The first-order valence-corrected chi connectivity index (χ1v) is 6.98. The summed E-state index contributed by atoms with van der Waals surface area (Å²) in [6.45, 7) is 3.49. The first-order chi connectivity index (χ1) is 9.19. The molecule has 2 nitrogen and oxygen atoms in total. The van der Waals surface area contributed by atoms with Crippen LogP contribution in [0.15, 0.2) is 30.3 Å². The van der Waals surface area contributed by atoms with Crippen LogP contribution in [0.25, 0.3) is 0 Å². The summed E-state index contributed by atoms with van der Waals surface area (Å²) in [7, 11) is 0. The third kappa shape index (κ3) is 4.25. The van der Waals surface area contributed by atoms with E-state index in [9.17, 15) is 8.78 Å². The molecule has 1 aliphatic rings. The molecular weight excluding hydrogens is 246 g/mol. The fraction of sp³-hybridized carbons (Fsp3) is 0.600. The predicted molar refractivity (Wildman–Crippen MR) is 73.6 cm³/mol. The number of nitrogens with one attached hydrogen (secondary N) is 1. The van der Waals surface area contributed by atoms with E-state index in [4.69, 9.17) is 0 Å². The monoisotopic (exact) mass is 268 g/mol. The zero-order valence-electron chi connectivity index (χ0n) is 11.4. The standard InChI is InChI=1S/C15H22F2N2/c1-2-13-10-19(11-15(16)17)14(9-18-13)8-12-6-4-3-5-7-12/h3-7,13-15,18H,2,8-11H2,1H3. The van der Waals surface area contributed by atoms with Crippen LogP contribution in [0.3, 0.4) is 0 Å². The van der Waals surface area contributed by atoms with Crippen molar-refractivity contribution in [3.63, 3.8) is 0 Å². The lowest BCUT2D eigenvalue weighted by atomic mass is 10.00. The van der Waals surface area contributed by atoms with Gasteiger partial charge in [-0.2, -0.15) is 0 Å².